The van der Waals surface area contributed by atoms with E-state index in [0.717, 1.165) is 13.0 Å². The Hall–Kier alpha value is -0.0400. The van der Waals surface area contributed by atoms with E-state index in [1.165, 1.54) is 6.42 Å². The third-order valence-electron chi connectivity index (χ3n) is 1.13. The van der Waals surface area contributed by atoms with Crippen molar-refractivity contribution >= 4 is 0 Å². The van der Waals surface area contributed by atoms with Crippen LogP contribution in [0.15, 0.2) is 0 Å². The summed E-state index contributed by atoms with van der Waals surface area (Å²) in [5, 5.41) is 0. The summed E-state index contributed by atoms with van der Waals surface area (Å²) in [6.45, 7) is 11.5. The molecule has 0 aliphatic rings. The summed E-state index contributed by atoms with van der Waals surface area (Å²) >= 11 is 0. The Bertz CT molecular complexity index is 52.2. The second-order valence-electron chi connectivity index (χ2n) is 3.45. The van der Waals surface area contributed by atoms with E-state index >= 15 is 0 Å². The Labute approximate surface area is 66.0 Å². The van der Waals surface area contributed by atoms with Crippen LogP contribution >= 0.6 is 0 Å². The van der Waals surface area contributed by atoms with Crippen LogP contribution in [0.1, 0.15) is 47.5 Å². The highest BCUT2D eigenvalue weighted by atomic mass is 14.5. The van der Waals surface area contributed by atoms with E-state index < -0.39 is 0 Å². The smallest absolute Gasteiger partial charge is 0.00771 e. The average molecular weight is 145 g/mol. The topological polar surface area (TPSA) is 26.0 Å². The van der Waals surface area contributed by atoms with Crippen molar-refractivity contribution in [3.63, 3.8) is 0 Å². The predicted octanol–water partition coefficient (Wildman–Crippen LogP) is 2.80. The molecule has 64 valence electrons. The van der Waals surface area contributed by atoms with Gasteiger partial charge in [0.15, 0.2) is 0 Å². The molecule has 10 heavy (non-hydrogen) atoms. The van der Waals surface area contributed by atoms with Crippen LogP contribution in [0.2, 0.25) is 0 Å². The average Bonchev–Trinajstić information content (AvgIpc) is 1.87. The van der Waals surface area contributed by atoms with Crippen molar-refractivity contribution in [1.82, 2.24) is 0 Å². The zero-order chi connectivity index (χ0) is 8.62. The van der Waals surface area contributed by atoms with Gasteiger partial charge in [0, 0.05) is 0 Å². The molecule has 2 N–H and O–H groups in total. The molecule has 0 aromatic carbocycles. The van der Waals surface area contributed by atoms with E-state index in [1.54, 1.807) is 0 Å². The maximum absolute atomic E-state index is 5.34. The van der Waals surface area contributed by atoms with Crippen LogP contribution < -0.4 is 5.73 Å². The molecule has 0 aromatic heterocycles. The SMILES string of the molecule is CC.CC(C)(C)CCCN. The Morgan fingerprint density at radius 1 is 1.10 bits per heavy atom. The first-order valence-electron chi connectivity index (χ1n) is 4.26. The van der Waals surface area contributed by atoms with Gasteiger partial charge in [-0.05, 0) is 24.8 Å². The first kappa shape index (κ1) is 12.6. The van der Waals surface area contributed by atoms with Crippen LogP contribution in [0.5, 0.6) is 0 Å². The molecule has 0 fully saturated rings. The molecule has 0 radical (unpaired) electrons. The van der Waals surface area contributed by atoms with Crippen LogP contribution in [0.3, 0.4) is 0 Å². The fourth-order valence-electron chi connectivity index (χ4n) is 0.632. The van der Waals surface area contributed by atoms with Crippen molar-refractivity contribution in [2.24, 2.45) is 11.1 Å². The molecule has 1 nitrogen and oxygen atoms in total. The van der Waals surface area contributed by atoms with Crippen molar-refractivity contribution in [3.8, 4) is 0 Å². The Morgan fingerprint density at radius 2 is 1.50 bits per heavy atom. The summed E-state index contributed by atoms with van der Waals surface area (Å²) in [6, 6.07) is 0. The largest absolute Gasteiger partial charge is 0.330 e. The molecule has 0 unspecified atom stereocenters. The van der Waals surface area contributed by atoms with E-state index in [4.69, 9.17) is 5.73 Å². The van der Waals surface area contributed by atoms with Crippen LogP contribution in [-0.2, 0) is 0 Å². The van der Waals surface area contributed by atoms with Crippen LogP contribution in [0, 0.1) is 5.41 Å². The number of hydrogen-bond acceptors (Lipinski definition) is 1. The van der Waals surface area contributed by atoms with Crippen molar-refractivity contribution in [2.75, 3.05) is 6.54 Å². The molecule has 0 aliphatic carbocycles. The van der Waals surface area contributed by atoms with Gasteiger partial charge in [-0.1, -0.05) is 34.6 Å². The van der Waals surface area contributed by atoms with Gasteiger partial charge in [-0.2, -0.15) is 0 Å². The zero-order valence-corrected chi connectivity index (χ0v) is 8.20. The van der Waals surface area contributed by atoms with Gasteiger partial charge in [-0.25, -0.2) is 0 Å². The normalized spacial score (nSPS) is 10.2. The molecule has 1 heteroatoms. The van der Waals surface area contributed by atoms with Gasteiger partial charge in [0.25, 0.3) is 0 Å². The van der Waals surface area contributed by atoms with Gasteiger partial charge in [-0.15, -0.1) is 0 Å². The highest BCUT2D eigenvalue weighted by Crippen LogP contribution is 2.19. The summed E-state index contributed by atoms with van der Waals surface area (Å²) in [5.74, 6) is 0. The Kier molecular flexibility index (Phi) is 8.92. The third-order valence-corrected chi connectivity index (χ3v) is 1.13. The molecular formula is C9H23N. The van der Waals surface area contributed by atoms with Crippen molar-refractivity contribution in [1.29, 1.82) is 0 Å². The van der Waals surface area contributed by atoms with Gasteiger partial charge in [0.1, 0.15) is 0 Å². The lowest BCUT2D eigenvalue weighted by molar-refractivity contribution is 0.368. The predicted molar refractivity (Wildman–Crippen MR) is 49.1 cm³/mol. The third kappa shape index (κ3) is 15.7. The molecule has 0 spiro atoms. The lowest BCUT2D eigenvalue weighted by Gasteiger charge is -2.16. The Balaban J connectivity index is 0. The van der Waals surface area contributed by atoms with Crippen LogP contribution in [0.4, 0.5) is 0 Å². The lowest BCUT2D eigenvalue weighted by Crippen LogP contribution is -2.08. The molecule has 0 heterocycles. The van der Waals surface area contributed by atoms with Crippen molar-refractivity contribution < 1.29 is 0 Å². The van der Waals surface area contributed by atoms with Crippen LogP contribution in [0.25, 0.3) is 0 Å². The highest BCUT2D eigenvalue weighted by Gasteiger charge is 2.07. The second-order valence-corrected chi connectivity index (χ2v) is 3.45. The summed E-state index contributed by atoms with van der Waals surface area (Å²) in [4.78, 5) is 0. The number of hydrogen-bond donors (Lipinski definition) is 1. The fourth-order valence-corrected chi connectivity index (χ4v) is 0.632. The monoisotopic (exact) mass is 145 g/mol. The number of rotatable bonds is 2. The summed E-state index contributed by atoms with van der Waals surface area (Å²) in [5.41, 5.74) is 5.81. The lowest BCUT2D eigenvalue weighted by atomic mass is 9.91. The maximum atomic E-state index is 5.34. The molecular weight excluding hydrogens is 122 g/mol. The number of nitrogens with two attached hydrogens (primary N) is 1. The van der Waals surface area contributed by atoms with E-state index in [-0.39, 0.29) is 0 Å². The second kappa shape index (κ2) is 7.07. The zero-order valence-electron chi connectivity index (χ0n) is 8.20. The summed E-state index contributed by atoms with van der Waals surface area (Å²) in [7, 11) is 0. The molecule has 0 aromatic rings. The van der Waals surface area contributed by atoms with E-state index in [1.807, 2.05) is 13.8 Å². The molecule has 0 atom stereocenters. The molecule has 0 rings (SSSR count). The first-order chi connectivity index (χ1) is 4.56. The summed E-state index contributed by atoms with van der Waals surface area (Å²) < 4.78 is 0. The summed E-state index contributed by atoms with van der Waals surface area (Å²) in [6.07, 6.45) is 2.40. The van der Waals surface area contributed by atoms with E-state index in [0.29, 0.717) is 5.41 Å². The van der Waals surface area contributed by atoms with E-state index in [9.17, 15) is 0 Å². The standard InChI is InChI=1S/C7H17N.C2H6/c1-7(2,3)5-4-6-8;1-2/h4-6,8H2,1-3H3;1-2H3. The van der Waals surface area contributed by atoms with Crippen molar-refractivity contribution in [3.05, 3.63) is 0 Å². The highest BCUT2D eigenvalue weighted by molar-refractivity contribution is 4.60. The Morgan fingerprint density at radius 3 is 1.60 bits per heavy atom. The van der Waals surface area contributed by atoms with Gasteiger partial charge in [0.2, 0.25) is 0 Å². The minimum Gasteiger partial charge on any atom is -0.330 e. The fraction of sp³-hybridized carbons (Fsp3) is 1.00. The van der Waals surface area contributed by atoms with Gasteiger partial charge in [-0.3, -0.25) is 0 Å². The molecule has 0 aliphatic heterocycles. The van der Waals surface area contributed by atoms with Crippen molar-refractivity contribution in [2.45, 2.75) is 47.5 Å². The van der Waals surface area contributed by atoms with Gasteiger partial charge in [0.05, 0.1) is 0 Å². The van der Waals surface area contributed by atoms with E-state index in [2.05, 4.69) is 20.8 Å². The molecule has 0 amide bonds. The quantitative estimate of drug-likeness (QED) is 0.635. The maximum Gasteiger partial charge on any atom is -0.00771 e. The van der Waals surface area contributed by atoms with Gasteiger partial charge >= 0.3 is 0 Å². The van der Waals surface area contributed by atoms with Crippen LogP contribution in [-0.4, -0.2) is 6.54 Å². The minimum atomic E-state index is 0.472. The molecule has 0 saturated carbocycles. The minimum absolute atomic E-state index is 0.472. The first-order valence-corrected chi connectivity index (χ1v) is 4.26. The van der Waals surface area contributed by atoms with Gasteiger partial charge < -0.3 is 5.73 Å². The molecule has 0 saturated heterocycles. The molecule has 0 bridgehead atoms.